The van der Waals surface area contributed by atoms with E-state index in [-0.39, 0.29) is 0 Å². The van der Waals surface area contributed by atoms with E-state index in [1.165, 1.54) is 0 Å². The Morgan fingerprint density at radius 2 is 0.652 bits per heavy atom. The molecule has 122 valence electrons. The van der Waals surface area contributed by atoms with Gasteiger partial charge in [-0.25, -0.2) is 13.3 Å². The highest BCUT2D eigenvalue weighted by Gasteiger charge is 1.74. The van der Waals surface area contributed by atoms with Crippen molar-refractivity contribution >= 4 is 7.82 Å². The van der Waals surface area contributed by atoms with E-state index in [2.05, 4.69) is 13.3 Å². The van der Waals surface area contributed by atoms with Crippen molar-refractivity contribution in [1.82, 2.24) is 0 Å². The molecule has 0 bridgehead atoms. The highest BCUT2D eigenvalue weighted by atomic mass is 31.2. The lowest BCUT2D eigenvalue weighted by molar-refractivity contribution is -0.432. The monoisotopic (exact) mass is 338 g/mol. The first kappa shape index (κ1) is 20.6. The molecule has 3 heterocycles. The van der Waals surface area contributed by atoms with Crippen LogP contribution in [0.4, 0.5) is 0 Å². The zero-order valence-electron chi connectivity index (χ0n) is 12.0. The molecule has 0 radical (unpaired) electrons. The summed E-state index contributed by atoms with van der Waals surface area (Å²) >= 11 is 0. The maximum absolute atomic E-state index is 8.55. The SMILES string of the molecule is O=P([O-])([O-])[O-].c1cc[o+]cc1.c1cc[o+]cc1.c1cc[o+]cc1. The number of phosphoric acid groups is 1. The molecule has 0 aliphatic carbocycles. The molecule has 0 atom stereocenters. The predicted molar refractivity (Wildman–Crippen MR) is 77.0 cm³/mol. The first-order valence-electron chi connectivity index (χ1n) is 6.14. The topological polar surface area (TPSA) is 120 Å². The second-order valence-electron chi connectivity index (χ2n) is 3.40. The summed E-state index contributed by atoms with van der Waals surface area (Å²) in [6.45, 7) is 0. The van der Waals surface area contributed by atoms with Gasteiger partial charge >= 0.3 is 37.6 Å². The highest BCUT2D eigenvalue weighted by Crippen LogP contribution is 2.03. The van der Waals surface area contributed by atoms with Crippen LogP contribution in [-0.2, 0) is 4.57 Å². The summed E-state index contributed by atoms with van der Waals surface area (Å²) in [5.41, 5.74) is 0. The molecule has 0 N–H and O–H groups in total. The third-order valence-electron chi connectivity index (χ3n) is 1.61. The Balaban J connectivity index is 0.000000282. The largest absolute Gasteiger partial charge is 0.822 e. The third-order valence-corrected chi connectivity index (χ3v) is 1.61. The molecule has 0 aliphatic rings. The molecule has 8 heteroatoms. The van der Waals surface area contributed by atoms with Crippen molar-refractivity contribution in [2.75, 3.05) is 0 Å². The summed E-state index contributed by atoms with van der Waals surface area (Å²) in [7, 11) is -5.39. The van der Waals surface area contributed by atoms with Crippen LogP contribution >= 0.6 is 7.82 Å². The van der Waals surface area contributed by atoms with Gasteiger partial charge in [0, 0.05) is 36.4 Å². The first-order chi connectivity index (χ1) is 11.0. The molecule has 0 unspecified atom stereocenters. The normalized spacial score (nSPS) is 8.83. The van der Waals surface area contributed by atoms with Crippen LogP contribution in [0.15, 0.2) is 105 Å². The molecule has 23 heavy (non-hydrogen) atoms. The quantitative estimate of drug-likeness (QED) is 0.453. The number of rotatable bonds is 0. The summed E-state index contributed by atoms with van der Waals surface area (Å²) < 4.78 is 22.6. The Bertz CT molecular complexity index is 439. The van der Waals surface area contributed by atoms with E-state index in [0.717, 1.165) is 0 Å². The minimum absolute atomic E-state index is 1.62. The van der Waals surface area contributed by atoms with E-state index >= 15 is 0 Å². The molecule has 3 aromatic heterocycles. The molecule has 0 aromatic carbocycles. The summed E-state index contributed by atoms with van der Waals surface area (Å²) in [5, 5.41) is 0. The summed E-state index contributed by atoms with van der Waals surface area (Å²) in [6, 6.07) is 16.7. The van der Waals surface area contributed by atoms with Gasteiger partial charge in [-0.2, -0.15) is 7.82 Å². The van der Waals surface area contributed by atoms with E-state index < -0.39 is 7.82 Å². The minimum Gasteiger partial charge on any atom is -0.822 e. The zero-order valence-corrected chi connectivity index (χ0v) is 12.9. The molecule has 7 nitrogen and oxygen atoms in total. The molecule has 0 amide bonds. The molecule has 0 saturated carbocycles. The molecule has 3 rings (SSSR count). The fraction of sp³-hybridized carbons (Fsp3) is 0. The first-order valence-corrected chi connectivity index (χ1v) is 7.61. The smallest absolute Gasteiger partial charge is 0.317 e. The van der Waals surface area contributed by atoms with Crippen molar-refractivity contribution in [2.45, 2.75) is 0 Å². The minimum atomic E-state index is -5.39. The van der Waals surface area contributed by atoms with Crippen LogP contribution < -0.4 is 14.7 Å². The second-order valence-corrected chi connectivity index (χ2v) is 4.30. The van der Waals surface area contributed by atoms with E-state index in [0.29, 0.717) is 0 Å². The van der Waals surface area contributed by atoms with Crippen LogP contribution in [-0.4, -0.2) is 0 Å². The molecule has 0 saturated heterocycles. The van der Waals surface area contributed by atoms with Gasteiger partial charge in [0.2, 0.25) is 0 Å². The number of hydrogen-bond donors (Lipinski definition) is 0. The van der Waals surface area contributed by atoms with Gasteiger partial charge in [-0.1, -0.05) is 0 Å². The fourth-order valence-electron chi connectivity index (χ4n) is 0.873. The number of hydrogen-bond acceptors (Lipinski definition) is 4. The highest BCUT2D eigenvalue weighted by molar-refractivity contribution is 7.40. The standard InChI is InChI=1S/3C5H5O.H3O4P/c3*1-2-4-6-5-3-1;1-5(2,3)4/h3*1-5H;(H3,1,2,3,4)/q3*+1;/p-3. The maximum atomic E-state index is 8.55. The van der Waals surface area contributed by atoms with Crippen LogP contribution in [0.25, 0.3) is 0 Å². The van der Waals surface area contributed by atoms with Crippen LogP contribution in [0.5, 0.6) is 0 Å². The maximum Gasteiger partial charge on any atom is 0.317 e. The van der Waals surface area contributed by atoms with E-state index in [4.69, 9.17) is 19.2 Å². The Labute approximate surface area is 133 Å². The molecule has 0 aliphatic heterocycles. The van der Waals surface area contributed by atoms with Gasteiger partial charge < -0.3 is 19.2 Å². The zero-order chi connectivity index (χ0) is 17.2. The fourth-order valence-corrected chi connectivity index (χ4v) is 0.873. The van der Waals surface area contributed by atoms with Gasteiger partial charge in [-0.05, 0) is 18.2 Å². The van der Waals surface area contributed by atoms with Gasteiger partial charge in [0.05, 0.1) is 0 Å². The van der Waals surface area contributed by atoms with Crippen molar-refractivity contribution in [3.05, 3.63) is 92.2 Å². The van der Waals surface area contributed by atoms with Crippen molar-refractivity contribution in [3.63, 3.8) is 0 Å². The van der Waals surface area contributed by atoms with E-state index in [1.54, 1.807) is 37.6 Å². The molecule has 3 aromatic rings. The van der Waals surface area contributed by atoms with Gasteiger partial charge in [-0.15, -0.1) is 0 Å². The lowest BCUT2D eigenvalue weighted by Gasteiger charge is -2.36. The van der Waals surface area contributed by atoms with E-state index in [1.807, 2.05) is 54.6 Å². The van der Waals surface area contributed by atoms with Crippen LogP contribution in [0.3, 0.4) is 0 Å². The lowest BCUT2D eigenvalue weighted by atomic mass is 10.6. The molecular weight excluding hydrogens is 323 g/mol. The molecule has 0 fully saturated rings. The van der Waals surface area contributed by atoms with Crippen LogP contribution in [0.2, 0.25) is 0 Å². The summed E-state index contributed by atoms with van der Waals surface area (Å²) in [5.74, 6) is 0. The van der Waals surface area contributed by atoms with Crippen molar-refractivity contribution in [1.29, 1.82) is 0 Å². The third kappa shape index (κ3) is 24.9. The summed E-state index contributed by atoms with van der Waals surface area (Å²) in [6.07, 6.45) is 9.75. The van der Waals surface area contributed by atoms with E-state index in [9.17, 15) is 0 Å². The Hall–Kier alpha value is -2.44. The van der Waals surface area contributed by atoms with Crippen LogP contribution in [0, 0.1) is 0 Å². The van der Waals surface area contributed by atoms with Crippen molar-refractivity contribution in [2.24, 2.45) is 0 Å². The van der Waals surface area contributed by atoms with Crippen LogP contribution in [0.1, 0.15) is 0 Å². The summed E-state index contributed by atoms with van der Waals surface area (Å²) in [4.78, 5) is 25.6. The molecule has 0 spiro atoms. The van der Waals surface area contributed by atoms with Gasteiger partial charge in [0.15, 0.2) is 0 Å². The van der Waals surface area contributed by atoms with Crippen molar-refractivity contribution in [3.8, 4) is 0 Å². The Morgan fingerprint density at radius 3 is 0.696 bits per heavy atom. The Morgan fingerprint density at radius 1 is 0.478 bits per heavy atom. The average Bonchev–Trinajstić information content (AvgIpc) is 2.59. The van der Waals surface area contributed by atoms with Gasteiger partial charge in [0.25, 0.3) is 0 Å². The second kappa shape index (κ2) is 14.5. The van der Waals surface area contributed by atoms with Gasteiger partial charge in [0.1, 0.15) is 0 Å². The Kier molecular flexibility index (Phi) is 13.0. The van der Waals surface area contributed by atoms with Crippen molar-refractivity contribution < 1.29 is 32.5 Å². The average molecular weight is 338 g/mol. The van der Waals surface area contributed by atoms with Gasteiger partial charge in [-0.3, -0.25) is 0 Å². The lowest BCUT2D eigenvalue weighted by Crippen LogP contribution is -2.24. The molecular formula is C15H15O7P. The predicted octanol–water partition coefficient (Wildman–Crippen LogP) is 1.86.